The zero-order valence-corrected chi connectivity index (χ0v) is 8.61. The first-order valence-electron chi connectivity index (χ1n) is 4.40. The van der Waals surface area contributed by atoms with Crippen LogP contribution in [0.15, 0.2) is 12.1 Å². The first-order chi connectivity index (χ1) is 6.52. The summed E-state index contributed by atoms with van der Waals surface area (Å²) in [5, 5.41) is -0.188. The van der Waals surface area contributed by atoms with Gasteiger partial charge in [-0.1, -0.05) is 17.7 Å². The van der Waals surface area contributed by atoms with Crippen LogP contribution in [0.4, 0.5) is 8.78 Å². The highest BCUT2D eigenvalue weighted by Crippen LogP contribution is 2.21. The molecule has 0 aliphatic rings. The normalized spacial score (nSPS) is 12.9. The minimum atomic E-state index is -0.978. The Balaban J connectivity index is 2.83. The zero-order chi connectivity index (χ0) is 10.7. The Hall–Kier alpha value is -0.670. The van der Waals surface area contributed by atoms with E-state index in [0.717, 1.165) is 0 Å². The van der Waals surface area contributed by atoms with Crippen LogP contribution < -0.4 is 5.73 Å². The largest absolute Gasteiger partial charge is 0.328 e. The van der Waals surface area contributed by atoms with Crippen molar-refractivity contribution in [2.24, 2.45) is 5.73 Å². The summed E-state index contributed by atoms with van der Waals surface area (Å²) in [6.07, 6.45) is 1.05. The minimum absolute atomic E-state index is 0.0202. The highest BCUT2D eigenvalue weighted by atomic mass is 35.5. The van der Waals surface area contributed by atoms with E-state index in [0.29, 0.717) is 18.4 Å². The smallest absolute Gasteiger partial charge is 0.177 e. The number of benzene rings is 1. The average Bonchev–Trinajstić information content (AvgIpc) is 2.13. The van der Waals surface area contributed by atoms with Gasteiger partial charge in [0, 0.05) is 6.04 Å². The van der Waals surface area contributed by atoms with E-state index in [1.807, 2.05) is 6.92 Å². The van der Waals surface area contributed by atoms with Crippen molar-refractivity contribution in [3.05, 3.63) is 34.4 Å². The Kier molecular flexibility index (Phi) is 3.84. The second-order valence-corrected chi connectivity index (χ2v) is 3.76. The number of halogens is 3. The fourth-order valence-electron chi connectivity index (χ4n) is 1.14. The second-order valence-electron chi connectivity index (χ2n) is 3.35. The van der Waals surface area contributed by atoms with Crippen molar-refractivity contribution < 1.29 is 8.78 Å². The summed E-state index contributed by atoms with van der Waals surface area (Å²) in [6.45, 7) is 1.82. The summed E-state index contributed by atoms with van der Waals surface area (Å²) in [5.74, 6) is -1.84. The maximum atomic E-state index is 13.2. The molecule has 0 saturated heterocycles. The molecule has 1 rings (SSSR count). The van der Waals surface area contributed by atoms with Gasteiger partial charge in [-0.3, -0.25) is 0 Å². The second kappa shape index (κ2) is 4.71. The third-order valence-corrected chi connectivity index (χ3v) is 2.28. The Bertz CT molecular complexity index is 326. The molecule has 0 spiro atoms. The van der Waals surface area contributed by atoms with Crippen LogP contribution in [0.1, 0.15) is 18.9 Å². The fourth-order valence-corrected chi connectivity index (χ4v) is 1.29. The molecule has 0 radical (unpaired) electrons. The molecule has 0 bridgehead atoms. The molecule has 2 N–H and O–H groups in total. The summed E-state index contributed by atoms with van der Waals surface area (Å²) in [5.41, 5.74) is 5.84. The van der Waals surface area contributed by atoms with Crippen LogP contribution in [0.2, 0.25) is 5.02 Å². The van der Waals surface area contributed by atoms with Gasteiger partial charge in [0.1, 0.15) is 0 Å². The van der Waals surface area contributed by atoms with Crippen molar-refractivity contribution in [2.75, 3.05) is 0 Å². The molecule has 0 heterocycles. The van der Waals surface area contributed by atoms with Crippen LogP contribution in [-0.2, 0) is 6.42 Å². The molecule has 0 aromatic heterocycles. The number of aryl methyl sites for hydroxylation is 1. The molecule has 0 aliphatic heterocycles. The molecule has 0 aliphatic carbocycles. The van der Waals surface area contributed by atoms with E-state index < -0.39 is 11.6 Å². The first kappa shape index (κ1) is 11.4. The molecule has 1 aromatic carbocycles. The van der Waals surface area contributed by atoms with Gasteiger partial charge >= 0.3 is 0 Å². The highest BCUT2D eigenvalue weighted by molar-refractivity contribution is 6.30. The van der Waals surface area contributed by atoms with Crippen LogP contribution >= 0.6 is 11.6 Å². The quantitative estimate of drug-likeness (QED) is 0.778. The molecule has 0 fully saturated rings. The van der Waals surface area contributed by atoms with Gasteiger partial charge in [-0.25, -0.2) is 8.78 Å². The Morgan fingerprint density at radius 3 is 2.57 bits per heavy atom. The molecular weight excluding hydrogens is 208 g/mol. The summed E-state index contributed by atoms with van der Waals surface area (Å²) in [4.78, 5) is 0. The molecule has 4 heteroatoms. The predicted molar refractivity (Wildman–Crippen MR) is 53.3 cm³/mol. The van der Waals surface area contributed by atoms with Gasteiger partial charge in [-0.05, 0) is 31.4 Å². The maximum Gasteiger partial charge on any atom is 0.177 e. The lowest BCUT2D eigenvalue weighted by Crippen LogP contribution is -2.15. The molecule has 1 aromatic rings. The van der Waals surface area contributed by atoms with Gasteiger partial charge in [0.2, 0.25) is 0 Å². The standard InChI is InChI=1S/C10H12ClF2N/c1-6(14)2-3-7-4-5-8(11)10(13)9(7)12/h4-6H,2-3,14H2,1H3. The Morgan fingerprint density at radius 2 is 2.00 bits per heavy atom. The van der Waals surface area contributed by atoms with Crippen molar-refractivity contribution in [2.45, 2.75) is 25.8 Å². The number of hydrogen-bond donors (Lipinski definition) is 1. The van der Waals surface area contributed by atoms with Crippen LogP contribution in [0.25, 0.3) is 0 Å². The van der Waals surface area contributed by atoms with Gasteiger partial charge in [0.25, 0.3) is 0 Å². The first-order valence-corrected chi connectivity index (χ1v) is 4.78. The molecule has 1 nitrogen and oxygen atoms in total. The van der Waals surface area contributed by atoms with Gasteiger partial charge in [-0.2, -0.15) is 0 Å². The van der Waals surface area contributed by atoms with E-state index in [9.17, 15) is 8.78 Å². The molecule has 0 amide bonds. The van der Waals surface area contributed by atoms with E-state index >= 15 is 0 Å². The van der Waals surface area contributed by atoms with Gasteiger partial charge in [0.05, 0.1) is 5.02 Å². The van der Waals surface area contributed by atoms with Crippen molar-refractivity contribution >= 4 is 11.6 Å². The molecule has 78 valence electrons. The minimum Gasteiger partial charge on any atom is -0.328 e. The van der Waals surface area contributed by atoms with E-state index in [2.05, 4.69) is 0 Å². The molecular formula is C10H12ClF2N. The van der Waals surface area contributed by atoms with Crippen molar-refractivity contribution in [1.29, 1.82) is 0 Å². The van der Waals surface area contributed by atoms with Gasteiger partial charge < -0.3 is 5.73 Å². The summed E-state index contributed by atoms with van der Waals surface area (Å²) in [7, 11) is 0. The van der Waals surface area contributed by atoms with Crippen molar-refractivity contribution in [3.8, 4) is 0 Å². The summed E-state index contributed by atoms with van der Waals surface area (Å²) in [6, 6.07) is 2.83. The maximum absolute atomic E-state index is 13.2. The molecule has 0 saturated carbocycles. The van der Waals surface area contributed by atoms with Crippen LogP contribution in [0.3, 0.4) is 0 Å². The van der Waals surface area contributed by atoms with E-state index in [1.165, 1.54) is 12.1 Å². The van der Waals surface area contributed by atoms with Crippen molar-refractivity contribution in [3.63, 3.8) is 0 Å². The van der Waals surface area contributed by atoms with Gasteiger partial charge in [-0.15, -0.1) is 0 Å². The van der Waals surface area contributed by atoms with Crippen LogP contribution in [-0.4, -0.2) is 6.04 Å². The number of nitrogens with two attached hydrogens (primary N) is 1. The SMILES string of the molecule is CC(N)CCc1ccc(Cl)c(F)c1F. The molecule has 1 atom stereocenters. The lowest BCUT2D eigenvalue weighted by atomic mass is 10.1. The average molecular weight is 220 g/mol. The Labute approximate surface area is 86.9 Å². The summed E-state index contributed by atoms with van der Waals surface area (Å²) < 4.78 is 26.2. The predicted octanol–water partition coefficient (Wildman–Crippen LogP) is 2.90. The summed E-state index contributed by atoms with van der Waals surface area (Å²) >= 11 is 5.41. The number of hydrogen-bond acceptors (Lipinski definition) is 1. The highest BCUT2D eigenvalue weighted by Gasteiger charge is 2.11. The van der Waals surface area contributed by atoms with Crippen molar-refractivity contribution in [1.82, 2.24) is 0 Å². The number of rotatable bonds is 3. The van der Waals surface area contributed by atoms with Gasteiger partial charge in [0.15, 0.2) is 11.6 Å². The van der Waals surface area contributed by atoms with Crippen LogP contribution in [0, 0.1) is 11.6 Å². The lowest BCUT2D eigenvalue weighted by Gasteiger charge is -2.07. The molecule has 1 unspecified atom stereocenters. The third-order valence-electron chi connectivity index (χ3n) is 1.98. The molecule has 14 heavy (non-hydrogen) atoms. The zero-order valence-electron chi connectivity index (χ0n) is 7.86. The third kappa shape index (κ3) is 2.66. The fraction of sp³-hybridized carbons (Fsp3) is 0.400. The Morgan fingerprint density at radius 1 is 1.36 bits per heavy atom. The monoisotopic (exact) mass is 219 g/mol. The van der Waals surface area contributed by atoms with E-state index in [-0.39, 0.29) is 11.1 Å². The van der Waals surface area contributed by atoms with Crippen LogP contribution in [0.5, 0.6) is 0 Å². The topological polar surface area (TPSA) is 26.0 Å². The lowest BCUT2D eigenvalue weighted by molar-refractivity contribution is 0.495. The van der Waals surface area contributed by atoms with E-state index in [4.69, 9.17) is 17.3 Å². The van der Waals surface area contributed by atoms with E-state index in [1.54, 1.807) is 0 Å².